The number of amides is 1. The summed E-state index contributed by atoms with van der Waals surface area (Å²) in [6.07, 6.45) is 4.75. The highest BCUT2D eigenvalue weighted by atomic mass is 16.5. The van der Waals surface area contributed by atoms with E-state index in [4.69, 9.17) is 9.94 Å². The summed E-state index contributed by atoms with van der Waals surface area (Å²) in [6, 6.07) is 11.7. The fraction of sp³-hybridized carbons (Fsp3) is 0.263. The highest BCUT2D eigenvalue weighted by Gasteiger charge is 2.12. The Hall–Kier alpha value is -2.90. The standard InChI is InChI=1S/C19H22N4O3/c24-19(22-25)6-5-16-3-1-2-4-17(16)21-14-15-7-8-20-18(13-15)23-9-11-26-12-10-23/h1-8,13,21,25H,9-12,14H2,(H,22,24). The molecule has 1 aliphatic heterocycles. The van der Waals surface area contributed by atoms with Crippen LogP contribution in [0.2, 0.25) is 0 Å². The van der Waals surface area contributed by atoms with E-state index >= 15 is 0 Å². The number of para-hydroxylation sites is 1. The fourth-order valence-corrected chi connectivity index (χ4v) is 2.74. The van der Waals surface area contributed by atoms with E-state index in [1.807, 2.05) is 36.5 Å². The van der Waals surface area contributed by atoms with Crippen LogP contribution in [0.3, 0.4) is 0 Å². The lowest BCUT2D eigenvalue weighted by Crippen LogP contribution is -2.36. The molecule has 0 unspecified atom stereocenters. The summed E-state index contributed by atoms with van der Waals surface area (Å²) >= 11 is 0. The topological polar surface area (TPSA) is 86.7 Å². The molecule has 26 heavy (non-hydrogen) atoms. The number of hydrogen-bond donors (Lipinski definition) is 3. The van der Waals surface area contributed by atoms with Crippen molar-refractivity contribution in [2.24, 2.45) is 0 Å². The van der Waals surface area contributed by atoms with Crippen molar-refractivity contribution in [1.29, 1.82) is 0 Å². The molecule has 2 aromatic rings. The number of aromatic nitrogens is 1. The van der Waals surface area contributed by atoms with Crippen molar-refractivity contribution in [3.05, 3.63) is 59.8 Å². The normalized spacial score (nSPS) is 14.4. The summed E-state index contributed by atoms with van der Waals surface area (Å²) in [5.41, 5.74) is 4.46. The Labute approximate surface area is 152 Å². The lowest BCUT2D eigenvalue weighted by atomic mass is 10.1. The average Bonchev–Trinajstić information content (AvgIpc) is 2.72. The van der Waals surface area contributed by atoms with Gasteiger partial charge in [-0.3, -0.25) is 10.0 Å². The number of benzene rings is 1. The number of morpholine rings is 1. The minimum atomic E-state index is -0.566. The molecule has 0 saturated carbocycles. The van der Waals surface area contributed by atoms with Crippen LogP contribution in [0.1, 0.15) is 11.1 Å². The maximum absolute atomic E-state index is 11.2. The van der Waals surface area contributed by atoms with Crippen LogP contribution in [0, 0.1) is 0 Å². The molecule has 0 spiro atoms. The quantitative estimate of drug-likeness (QED) is 0.418. The molecule has 3 N–H and O–H groups in total. The Morgan fingerprint density at radius 3 is 2.88 bits per heavy atom. The van der Waals surface area contributed by atoms with Crippen molar-refractivity contribution in [2.75, 3.05) is 36.5 Å². The Morgan fingerprint density at radius 1 is 1.27 bits per heavy atom. The molecular weight excluding hydrogens is 332 g/mol. The number of pyridine rings is 1. The van der Waals surface area contributed by atoms with Crippen molar-refractivity contribution < 1.29 is 14.7 Å². The predicted octanol–water partition coefficient (Wildman–Crippen LogP) is 2.05. The zero-order chi connectivity index (χ0) is 18.2. The van der Waals surface area contributed by atoms with Crippen molar-refractivity contribution in [1.82, 2.24) is 10.5 Å². The zero-order valence-corrected chi connectivity index (χ0v) is 14.4. The van der Waals surface area contributed by atoms with Crippen molar-refractivity contribution in [3.8, 4) is 0 Å². The summed E-state index contributed by atoms with van der Waals surface area (Å²) in [5, 5.41) is 12.0. The predicted molar refractivity (Wildman–Crippen MR) is 100 cm³/mol. The van der Waals surface area contributed by atoms with Crippen LogP contribution in [-0.4, -0.2) is 42.4 Å². The highest BCUT2D eigenvalue weighted by molar-refractivity contribution is 5.91. The van der Waals surface area contributed by atoms with Crippen LogP contribution in [0.25, 0.3) is 6.08 Å². The molecule has 0 bridgehead atoms. The van der Waals surface area contributed by atoms with E-state index in [-0.39, 0.29) is 0 Å². The Morgan fingerprint density at radius 2 is 2.08 bits per heavy atom. The first kappa shape index (κ1) is 17.9. The summed E-state index contributed by atoms with van der Waals surface area (Å²) < 4.78 is 5.39. The monoisotopic (exact) mass is 354 g/mol. The van der Waals surface area contributed by atoms with Crippen LogP contribution < -0.4 is 15.7 Å². The lowest BCUT2D eigenvalue weighted by Gasteiger charge is -2.28. The lowest BCUT2D eigenvalue weighted by molar-refractivity contribution is -0.124. The molecule has 1 aliphatic rings. The van der Waals surface area contributed by atoms with Crippen LogP contribution in [-0.2, 0) is 16.1 Å². The molecule has 1 saturated heterocycles. The van der Waals surface area contributed by atoms with E-state index in [1.165, 1.54) is 6.08 Å². The second kappa shape index (κ2) is 8.98. The number of rotatable bonds is 6. The average molecular weight is 354 g/mol. The third kappa shape index (κ3) is 4.81. The summed E-state index contributed by atoms with van der Waals surface area (Å²) in [7, 11) is 0. The molecule has 3 rings (SSSR count). The number of anilines is 2. The van der Waals surface area contributed by atoms with Gasteiger partial charge in [-0.15, -0.1) is 0 Å². The number of carbonyl (C=O) groups is 1. The van der Waals surface area contributed by atoms with E-state index < -0.39 is 5.91 Å². The number of carbonyl (C=O) groups excluding carboxylic acids is 1. The van der Waals surface area contributed by atoms with E-state index in [0.29, 0.717) is 6.54 Å². The molecule has 0 atom stereocenters. The Bertz CT molecular complexity index is 773. The van der Waals surface area contributed by atoms with Gasteiger partial charge in [0.25, 0.3) is 5.91 Å². The van der Waals surface area contributed by atoms with Gasteiger partial charge in [0.1, 0.15) is 5.82 Å². The molecule has 7 heteroatoms. The Balaban J connectivity index is 1.67. The van der Waals surface area contributed by atoms with Gasteiger partial charge in [0.2, 0.25) is 0 Å². The van der Waals surface area contributed by atoms with Gasteiger partial charge in [-0.1, -0.05) is 18.2 Å². The minimum absolute atomic E-state index is 0.566. The largest absolute Gasteiger partial charge is 0.380 e. The second-order valence-corrected chi connectivity index (χ2v) is 5.87. The van der Waals surface area contributed by atoms with Gasteiger partial charge in [-0.25, -0.2) is 10.5 Å². The fourth-order valence-electron chi connectivity index (χ4n) is 2.74. The van der Waals surface area contributed by atoms with Crippen molar-refractivity contribution in [3.63, 3.8) is 0 Å². The number of nitrogens with one attached hydrogen (secondary N) is 2. The van der Waals surface area contributed by atoms with Crippen LogP contribution in [0.5, 0.6) is 0 Å². The van der Waals surface area contributed by atoms with Gasteiger partial charge in [0, 0.05) is 37.6 Å². The molecule has 1 amide bonds. The molecular formula is C19H22N4O3. The van der Waals surface area contributed by atoms with Gasteiger partial charge >= 0.3 is 0 Å². The van der Waals surface area contributed by atoms with Gasteiger partial charge in [-0.05, 0) is 35.4 Å². The highest BCUT2D eigenvalue weighted by Crippen LogP contribution is 2.19. The second-order valence-electron chi connectivity index (χ2n) is 5.87. The number of nitrogens with zero attached hydrogens (tertiary/aromatic N) is 2. The zero-order valence-electron chi connectivity index (χ0n) is 14.4. The van der Waals surface area contributed by atoms with Crippen LogP contribution >= 0.6 is 0 Å². The molecule has 0 radical (unpaired) electrons. The minimum Gasteiger partial charge on any atom is -0.380 e. The summed E-state index contributed by atoms with van der Waals surface area (Å²) in [6.45, 7) is 3.79. The molecule has 1 fully saturated rings. The molecule has 7 nitrogen and oxygen atoms in total. The Kier molecular flexibility index (Phi) is 6.19. The van der Waals surface area contributed by atoms with Gasteiger partial charge < -0.3 is 15.0 Å². The SMILES string of the molecule is O=C(C=Cc1ccccc1NCc1ccnc(N2CCOCC2)c1)NO. The van der Waals surface area contributed by atoms with Gasteiger partial charge in [0.15, 0.2) is 0 Å². The third-order valence-corrected chi connectivity index (χ3v) is 4.11. The van der Waals surface area contributed by atoms with Crippen LogP contribution in [0.4, 0.5) is 11.5 Å². The molecule has 1 aromatic heterocycles. The molecule has 1 aromatic carbocycles. The van der Waals surface area contributed by atoms with E-state index in [9.17, 15) is 4.79 Å². The van der Waals surface area contributed by atoms with E-state index in [2.05, 4.69) is 21.3 Å². The van der Waals surface area contributed by atoms with E-state index in [1.54, 1.807) is 11.6 Å². The first-order valence-electron chi connectivity index (χ1n) is 8.49. The molecule has 2 heterocycles. The summed E-state index contributed by atoms with van der Waals surface area (Å²) in [5.74, 6) is 0.393. The smallest absolute Gasteiger partial charge is 0.267 e. The molecule has 0 aliphatic carbocycles. The maximum atomic E-state index is 11.2. The third-order valence-electron chi connectivity index (χ3n) is 4.11. The van der Waals surface area contributed by atoms with Crippen LogP contribution in [0.15, 0.2) is 48.7 Å². The van der Waals surface area contributed by atoms with Gasteiger partial charge in [-0.2, -0.15) is 0 Å². The van der Waals surface area contributed by atoms with Crippen molar-refractivity contribution in [2.45, 2.75) is 6.54 Å². The van der Waals surface area contributed by atoms with Gasteiger partial charge in [0.05, 0.1) is 13.2 Å². The summed E-state index contributed by atoms with van der Waals surface area (Å²) in [4.78, 5) is 17.9. The number of hydroxylamine groups is 1. The first-order chi connectivity index (χ1) is 12.8. The molecule has 136 valence electrons. The number of ether oxygens (including phenoxy) is 1. The van der Waals surface area contributed by atoms with E-state index in [0.717, 1.165) is 48.9 Å². The first-order valence-corrected chi connectivity index (χ1v) is 8.49. The van der Waals surface area contributed by atoms with Crippen molar-refractivity contribution >= 4 is 23.5 Å². The maximum Gasteiger partial charge on any atom is 0.267 e. The number of hydrogen-bond acceptors (Lipinski definition) is 6.